The number of carboxylic acid groups (broad SMARTS) is 1. The molecule has 2 aliphatic heterocycles. The van der Waals surface area contributed by atoms with Crippen molar-refractivity contribution in [2.75, 3.05) is 13.1 Å². The molecular formula is C15H15F3N2O6S. The van der Waals surface area contributed by atoms with E-state index in [2.05, 4.69) is 10.2 Å². The largest absolute Gasteiger partial charge is 0.573 e. The van der Waals surface area contributed by atoms with E-state index in [4.69, 9.17) is 9.94 Å². The molecule has 0 aliphatic carbocycles. The maximum Gasteiger partial charge on any atom is 0.573 e. The molecule has 2 heterocycles. The number of piperidine rings is 1. The molecule has 12 heteroatoms. The van der Waals surface area contributed by atoms with Crippen molar-refractivity contribution in [1.82, 2.24) is 9.79 Å². The van der Waals surface area contributed by atoms with E-state index in [-0.39, 0.29) is 36.5 Å². The molecule has 3 rings (SSSR count). The maximum atomic E-state index is 12.7. The minimum Gasteiger partial charge on any atom is -0.477 e. The summed E-state index contributed by atoms with van der Waals surface area (Å²) in [5.41, 5.74) is 1.31. The summed E-state index contributed by atoms with van der Waals surface area (Å²) >= 11 is 0. The number of sulfonamides is 1. The minimum atomic E-state index is -4.86. The predicted molar refractivity (Wildman–Crippen MR) is 83.8 cm³/mol. The first kappa shape index (κ1) is 19.5. The van der Waals surface area contributed by atoms with Crippen molar-refractivity contribution in [2.24, 2.45) is 0 Å². The van der Waals surface area contributed by atoms with E-state index in [1.54, 1.807) is 0 Å². The van der Waals surface area contributed by atoms with Gasteiger partial charge in [-0.2, -0.15) is 4.31 Å². The Balaban J connectivity index is 1.69. The van der Waals surface area contributed by atoms with E-state index in [0.717, 1.165) is 24.3 Å². The lowest BCUT2D eigenvalue weighted by Gasteiger charge is -2.35. The third-order valence-electron chi connectivity index (χ3n) is 4.27. The summed E-state index contributed by atoms with van der Waals surface area (Å²) in [6.07, 6.45) is -2.99. The number of hydroxylamine groups is 1. The van der Waals surface area contributed by atoms with Crippen LogP contribution in [0.15, 0.2) is 40.9 Å². The first-order valence-electron chi connectivity index (χ1n) is 7.77. The van der Waals surface area contributed by atoms with Crippen molar-refractivity contribution in [3.8, 4) is 5.75 Å². The summed E-state index contributed by atoms with van der Waals surface area (Å²) < 4.78 is 66.8. The fourth-order valence-electron chi connectivity index (χ4n) is 2.90. The molecule has 1 spiro atoms. The molecule has 2 aliphatic rings. The van der Waals surface area contributed by atoms with Crippen LogP contribution in [-0.2, 0) is 19.7 Å². The number of alkyl halides is 3. The highest BCUT2D eigenvalue weighted by molar-refractivity contribution is 7.89. The maximum absolute atomic E-state index is 12.7. The summed E-state index contributed by atoms with van der Waals surface area (Å²) in [6, 6.07) is 3.93. The molecule has 0 amide bonds. The highest BCUT2D eigenvalue weighted by Gasteiger charge is 2.42. The third kappa shape index (κ3) is 4.17. The number of ether oxygens (including phenoxy) is 1. The number of rotatable bonds is 4. The van der Waals surface area contributed by atoms with Gasteiger partial charge >= 0.3 is 12.3 Å². The number of nitrogens with one attached hydrogen (secondary N) is 1. The molecule has 0 radical (unpaired) electrons. The average Bonchev–Trinajstić information content (AvgIpc) is 2.98. The van der Waals surface area contributed by atoms with Crippen molar-refractivity contribution < 1.29 is 41.1 Å². The molecule has 148 valence electrons. The van der Waals surface area contributed by atoms with Crippen molar-refractivity contribution in [1.29, 1.82) is 0 Å². The highest BCUT2D eigenvalue weighted by atomic mass is 32.2. The Bertz CT molecular complexity index is 859. The van der Waals surface area contributed by atoms with Crippen LogP contribution in [0.5, 0.6) is 5.75 Å². The molecule has 1 aromatic rings. The Morgan fingerprint density at radius 1 is 1.22 bits per heavy atom. The molecule has 0 unspecified atom stereocenters. The van der Waals surface area contributed by atoms with Crippen molar-refractivity contribution in [3.05, 3.63) is 36.0 Å². The third-order valence-corrected chi connectivity index (χ3v) is 6.18. The van der Waals surface area contributed by atoms with Crippen LogP contribution in [0.1, 0.15) is 12.8 Å². The fourth-order valence-corrected chi connectivity index (χ4v) is 4.34. The van der Waals surface area contributed by atoms with Gasteiger partial charge in [-0.15, -0.1) is 13.2 Å². The highest BCUT2D eigenvalue weighted by Crippen LogP contribution is 2.34. The monoisotopic (exact) mass is 408 g/mol. The van der Waals surface area contributed by atoms with Gasteiger partial charge in [-0.1, -0.05) is 0 Å². The SMILES string of the molecule is O=C(O)C1=CC2(CCN(S(=O)(=O)c3ccc(OC(F)(F)F)cc3)CC2)ON1. The van der Waals surface area contributed by atoms with Crippen LogP contribution in [0.25, 0.3) is 0 Å². The van der Waals surface area contributed by atoms with Gasteiger partial charge in [0.25, 0.3) is 0 Å². The molecule has 1 saturated heterocycles. The minimum absolute atomic E-state index is 0.0637. The zero-order valence-electron chi connectivity index (χ0n) is 13.7. The summed E-state index contributed by atoms with van der Waals surface area (Å²) in [5.74, 6) is -1.70. The normalized spacial score (nSPS) is 20.2. The standard InChI is InChI=1S/C15H15F3N2O6S/c16-15(17,18)25-10-1-3-11(4-2-10)27(23,24)20-7-5-14(6-8-20)9-12(13(21)22)19-26-14/h1-4,9,19H,5-8H2,(H,21,22). The van der Waals surface area contributed by atoms with Crippen molar-refractivity contribution >= 4 is 16.0 Å². The van der Waals surface area contributed by atoms with Gasteiger partial charge < -0.3 is 9.84 Å². The molecule has 1 fully saturated rings. The molecule has 8 nitrogen and oxygen atoms in total. The average molecular weight is 408 g/mol. The van der Waals surface area contributed by atoms with Gasteiger partial charge in [0.2, 0.25) is 10.0 Å². The van der Waals surface area contributed by atoms with Crippen LogP contribution in [0.3, 0.4) is 0 Å². The number of hydrogen-bond acceptors (Lipinski definition) is 6. The number of benzene rings is 1. The Labute approximate surface area is 152 Å². The lowest BCUT2D eigenvalue weighted by molar-refractivity contribution is -0.274. The van der Waals surface area contributed by atoms with E-state index in [1.165, 1.54) is 10.4 Å². The van der Waals surface area contributed by atoms with Crippen LogP contribution in [-0.4, -0.2) is 48.9 Å². The first-order valence-corrected chi connectivity index (χ1v) is 9.21. The van der Waals surface area contributed by atoms with Gasteiger partial charge in [-0.3, -0.25) is 10.3 Å². The number of hydrogen-bond donors (Lipinski definition) is 2. The smallest absolute Gasteiger partial charge is 0.477 e. The zero-order chi connectivity index (χ0) is 19.9. The quantitative estimate of drug-likeness (QED) is 0.780. The molecular weight excluding hydrogens is 393 g/mol. The molecule has 0 saturated carbocycles. The van der Waals surface area contributed by atoms with Gasteiger partial charge in [0.05, 0.1) is 4.90 Å². The second kappa shape index (κ2) is 6.69. The zero-order valence-corrected chi connectivity index (χ0v) is 14.5. The van der Waals surface area contributed by atoms with Crippen LogP contribution >= 0.6 is 0 Å². The molecule has 27 heavy (non-hydrogen) atoms. The number of carbonyl (C=O) groups is 1. The second-order valence-corrected chi connectivity index (χ2v) is 7.99. The topological polar surface area (TPSA) is 105 Å². The van der Waals surface area contributed by atoms with Crippen LogP contribution in [0.2, 0.25) is 0 Å². The Morgan fingerprint density at radius 3 is 2.30 bits per heavy atom. The first-order chi connectivity index (χ1) is 12.5. The van der Waals surface area contributed by atoms with Gasteiger partial charge in [0.1, 0.15) is 17.0 Å². The predicted octanol–water partition coefficient (Wildman–Crippen LogP) is 1.61. The van der Waals surface area contributed by atoms with Crippen LogP contribution in [0, 0.1) is 0 Å². The van der Waals surface area contributed by atoms with Gasteiger partial charge in [0, 0.05) is 13.1 Å². The van der Waals surface area contributed by atoms with Crippen LogP contribution in [0.4, 0.5) is 13.2 Å². The lowest BCUT2D eigenvalue weighted by atomic mass is 9.92. The van der Waals surface area contributed by atoms with E-state index in [1.807, 2.05) is 0 Å². The van der Waals surface area contributed by atoms with Crippen LogP contribution < -0.4 is 10.2 Å². The fraction of sp³-hybridized carbons (Fsp3) is 0.400. The van der Waals surface area contributed by atoms with E-state index >= 15 is 0 Å². The molecule has 0 atom stereocenters. The Kier molecular flexibility index (Phi) is 4.82. The Hall–Kier alpha value is -2.31. The van der Waals surface area contributed by atoms with Gasteiger partial charge in [-0.05, 0) is 43.2 Å². The summed E-state index contributed by atoms with van der Waals surface area (Å²) in [4.78, 5) is 16.1. The van der Waals surface area contributed by atoms with E-state index in [9.17, 15) is 26.4 Å². The summed E-state index contributed by atoms with van der Waals surface area (Å²) in [7, 11) is -3.92. The second-order valence-electron chi connectivity index (χ2n) is 6.06. The number of halogens is 3. The summed E-state index contributed by atoms with van der Waals surface area (Å²) in [5, 5.41) is 8.95. The number of carboxylic acids is 1. The molecule has 0 bridgehead atoms. The van der Waals surface area contributed by atoms with Gasteiger partial charge in [-0.25, -0.2) is 13.2 Å². The van der Waals surface area contributed by atoms with Crippen molar-refractivity contribution in [2.45, 2.75) is 29.7 Å². The molecule has 1 aromatic carbocycles. The summed E-state index contributed by atoms with van der Waals surface area (Å²) in [6.45, 7) is 0.127. The molecule has 2 N–H and O–H groups in total. The number of nitrogens with zero attached hydrogens (tertiary/aromatic N) is 1. The van der Waals surface area contributed by atoms with Crippen molar-refractivity contribution in [3.63, 3.8) is 0 Å². The Morgan fingerprint density at radius 2 is 1.81 bits per heavy atom. The lowest BCUT2D eigenvalue weighted by Crippen LogP contribution is -2.46. The van der Waals surface area contributed by atoms with Gasteiger partial charge in [0.15, 0.2) is 0 Å². The van der Waals surface area contributed by atoms with E-state index in [0.29, 0.717) is 0 Å². The van der Waals surface area contributed by atoms with E-state index < -0.39 is 33.7 Å². The molecule has 0 aromatic heterocycles. The number of aliphatic carboxylic acids is 1.